The van der Waals surface area contributed by atoms with Crippen molar-refractivity contribution in [1.29, 1.82) is 31.6 Å². The summed E-state index contributed by atoms with van der Waals surface area (Å²) in [5.41, 5.74) is 0. The average molecular weight is 337 g/mol. The fourth-order valence-electron chi connectivity index (χ4n) is 0.250. The summed E-state index contributed by atoms with van der Waals surface area (Å²) >= 11 is -6.46. The van der Waals surface area contributed by atoms with Gasteiger partial charge in [-0.15, -0.1) is 0 Å². The Kier molecular flexibility index (Phi) is 8.40. The van der Waals surface area contributed by atoms with Crippen LogP contribution in [0.4, 0.5) is 0 Å². The van der Waals surface area contributed by atoms with Gasteiger partial charge in [-0.05, 0) is 0 Å². The van der Waals surface area contributed by atoms with Gasteiger partial charge in [0.05, 0.1) is 0 Å². The molecule has 0 N–H and O–H groups in total. The molecule has 0 amide bonds. The third-order valence-electron chi connectivity index (χ3n) is 1.12. The molecule has 0 saturated heterocycles. The Morgan fingerprint density at radius 3 is 0.600 bits per heavy atom. The number of hydrogen-bond donors (Lipinski definition) is 0. The van der Waals surface area contributed by atoms with Gasteiger partial charge in [-0.1, -0.05) is 0 Å². The van der Waals surface area contributed by atoms with Crippen LogP contribution < -0.4 is 103 Å². The first kappa shape index (κ1) is 21.2. The van der Waals surface area contributed by atoms with Crippen molar-refractivity contribution in [2.45, 2.75) is 0 Å². The van der Waals surface area contributed by atoms with Gasteiger partial charge in [0.2, 0.25) is 0 Å². The van der Waals surface area contributed by atoms with Crippen molar-refractivity contribution in [3.63, 3.8) is 0 Å². The van der Waals surface area contributed by atoms with Gasteiger partial charge < -0.3 is 0 Å². The molecule has 6 nitrogen and oxygen atoms in total. The largest absolute Gasteiger partial charge is 1.00 e. The summed E-state index contributed by atoms with van der Waals surface area (Å²) in [7, 11) is 0. The van der Waals surface area contributed by atoms with Crippen LogP contribution in [-0.4, -0.2) is 0 Å². The first-order valence-electron chi connectivity index (χ1n) is 2.34. The van der Waals surface area contributed by atoms with Crippen molar-refractivity contribution in [3.8, 4) is 28.0 Å². The smallest absolute Gasteiger partial charge is 1.00 e. The van der Waals surface area contributed by atoms with E-state index in [4.69, 9.17) is 31.6 Å². The maximum Gasteiger partial charge on any atom is 1.00 e. The summed E-state index contributed by atoms with van der Waals surface area (Å²) in [6.07, 6.45) is 0. The third-order valence-corrected chi connectivity index (χ3v) is 6.61. The number of hydrogen-bond acceptors (Lipinski definition) is 6. The van der Waals surface area contributed by atoms with Crippen LogP contribution in [0.3, 0.4) is 0 Å². The van der Waals surface area contributed by atoms with Gasteiger partial charge in [0.15, 0.2) is 0 Å². The minimum absolute atomic E-state index is 0. The predicted molar refractivity (Wildman–Crippen MR) is 33.7 cm³/mol. The van der Waals surface area contributed by atoms with E-state index in [0.717, 1.165) is 28.0 Å². The van der Waals surface area contributed by atoms with Crippen LogP contribution >= 0.6 is 0 Å². The van der Waals surface area contributed by atoms with Gasteiger partial charge in [-0.25, -0.2) is 0 Å². The van der Waals surface area contributed by atoms with Crippen molar-refractivity contribution >= 4 is 0 Å². The minimum atomic E-state index is -6.46. The fourth-order valence-corrected chi connectivity index (χ4v) is 1.48. The summed E-state index contributed by atoms with van der Waals surface area (Å²) in [6, 6.07) is 0. The molecule has 0 heterocycles. The van der Waals surface area contributed by atoms with E-state index < -0.39 is 12.4 Å². The van der Waals surface area contributed by atoms with Gasteiger partial charge in [-0.3, -0.25) is 0 Å². The zero-order valence-electron chi connectivity index (χ0n) is 8.02. The second-order valence-corrected chi connectivity index (χ2v) is 10.0. The molecule has 0 aromatic carbocycles. The summed E-state index contributed by atoms with van der Waals surface area (Å²) in [4.78, 5) is 0. The molecule has 0 spiro atoms. The molecule has 0 bridgehead atoms. The van der Waals surface area contributed by atoms with Crippen molar-refractivity contribution in [2.24, 2.45) is 0 Å². The van der Waals surface area contributed by atoms with E-state index in [-0.39, 0.29) is 103 Å². The van der Waals surface area contributed by atoms with Gasteiger partial charge in [-0.2, -0.15) is 0 Å². The maximum atomic E-state index is 8.59. The Bertz CT molecular complexity index is 395. The van der Waals surface area contributed by atoms with Gasteiger partial charge >= 0.3 is 175 Å². The van der Waals surface area contributed by atoms with E-state index in [1.807, 2.05) is 0 Å². The molecule has 0 saturated carbocycles. The minimum Gasteiger partial charge on any atom is 1.00 e. The van der Waals surface area contributed by atoms with Crippen LogP contribution in [-0.2, 0) is 12.4 Å². The first-order valence-corrected chi connectivity index (χ1v) is 7.26. The van der Waals surface area contributed by atoms with Crippen LogP contribution in [0.15, 0.2) is 0 Å². The number of rotatable bonds is 0. The molecule has 0 radical (unpaired) electrons. The Labute approximate surface area is 170 Å². The van der Waals surface area contributed by atoms with E-state index in [2.05, 4.69) is 0 Å². The average Bonchev–Trinajstić information content (AvgIpc) is 2.26. The van der Waals surface area contributed by atoms with Gasteiger partial charge in [0, 0.05) is 0 Å². The van der Waals surface area contributed by atoms with E-state index in [1.54, 1.807) is 0 Å². The predicted octanol–water partition coefficient (Wildman–Crippen LogP) is -5.89. The van der Waals surface area contributed by atoms with Gasteiger partial charge in [0.25, 0.3) is 0 Å². The Morgan fingerprint density at radius 1 is 0.467 bits per heavy atom. The molecule has 15 heavy (non-hydrogen) atoms. The maximum absolute atomic E-state index is 8.59. The SMILES string of the molecule is N#[C][Rh-2]([C]#N)([C]#N)([C]#N)([C]#N)[C]#N.[K+].[K+]. The number of nitrogens with zero attached hydrogens (tertiary/aromatic N) is 6. The van der Waals surface area contributed by atoms with Crippen LogP contribution in [0, 0.1) is 59.6 Å². The topological polar surface area (TPSA) is 143 Å². The molecule has 0 atom stereocenters. The quantitative estimate of drug-likeness (QED) is 0.403. The molecular weight excluding hydrogens is 337 g/mol. The monoisotopic (exact) mass is 337 g/mol. The Morgan fingerprint density at radius 2 is 0.600 bits per heavy atom. The second kappa shape index (κ2) is 5.96. The normalized spacial score (nSPS) is 11.6. The molecule has 0 unspecified atom stereocenters. The standard InChI is InChI=1S/6CN.2K.Rh/c6*1-2;;;/q;;;;;;2*+1;-2. The summed E-state index contributed by atoms with van der Waals surface area (Å²) in [6.45, 7) is 0. The molecule has 0 aliphatic carbocycles. The van der Waals surface area contributed by atoms with Crippen LogP contribution in [0.25, 0.3) is 0 Å². The van der Waals surface area contributed by atoms with Crippen molar-refractivity contribution in [3.05, 3.63) is 0 Å². The molecule has 0 aliphatic heterocycles. The zero-order chi connectivity index (χ0) is 10.7. The molecule has 0 aliphatic rings. The molecule has 0 aromatic heterocycles. The number of nitriles is 6. The zero-order valence-corrected chi connectivity index (χ0v) is 15.9. The molecule has 0 rings (SSSR count). The molecule has 0 fully saturated rings. The Hall–Kier alpha value is 0.836. The van der Waals surface area contributed by atoms with Gasteiger partial charge in [0.1, 0.15) is 0 Å². The summed E-state index contributed by atoms with van der Waals surface area (Å²) in [5, 5.41) is 51.5. The van der Waals surface area contributed by atoms with Crippen LogP contribution in [0.5, 0.6) is 0 Å². The molecule has 65 valence electrons. The second-order valence-electron chi connectivity index (χ2n) is 1.70. The molecule has 0 aromatic rings. The third kappa shape index (κ3) is 2.57. The van der Waals surface area contributed by atoms with Crippen LogP contribution in [0.2, 0.25) is 0 Å². The fraction of sp³-hybridized carbons (Fsp3) is 0. The van der Waals surface area contributed by atoms with E-state index in [9.17, 15) is 0 Å². The molecular formula is C6K2N6Rh. The van der Waals surface area contributed by atoms with Crippen LogP contribution in [0.1, 0.15) is 0 Å². The van der Waals surface area contributed by atoms with E-state index in [1.165, 1.54) is 0 Å². The van der Waals surface area contributed by atoms with Crippen molar-refractivity contribution in [2.75, 3.05) is 0 Å². The van der Waals surface area contributed by atoms with Crippen molar-refractivity contribution in [1.82, 2.24) is 0 Å². The molecule has 9 heteroatoms. The summed E-state index contributed by atoms with van der Waals surface area (Å²) in [5.74, 6) is 0. The first-order chi connectivity index (χ1) is 5.97. The van der Waals surface area contributed by atoms with E-state index >= 15 is 0 Å². The Balaban J connectivity index is -0.000000720. The summed E-state index contributed by atoms with van der Waals surface area (Å²) < 4.78 is 6.33. The van der Waals surface area contributed by atoms with Crippen molar-refractivity contribution < 1.29 is 115 Å². The van der Waals surface area contributed by atoms with E-state index in [0.29, 0.717) is 0 Å².